The van der Waals surface area contributed by atoms with E-state index in [1.54, 1.807) is 0 Å². The highest BCUT2D eigenvalue weighted by molar-refractivity contribution is 9.10. The maximum atomic E-state index is 13.3. The van der Waals surface area contributed by atoms with E-state index in [2.05, 4.69) is 27.3 Å². The zero-order valence-corrected chi connectivity index (χ0v) is 11.9. The van der Waals surface area contributed by atoms with Gasteiger partial charge in [-0.15, -0.1) is 0 Å². The van der Waals surface area contributed by atoms with Gasteiger partial charge in [0.25, 0.3) is 0 Å². The molecule has 4 heteroatoms. The molecule has 0 aliphatic heterocycles. The zero-order valence-electron chi connectivity index (χ0n) is 10.3. The van der Waals surface area contributed by atoms with Crippen LogP contribution in [0.1, 0.15) is 17.2 Å². The van der Waals surface area contributed by atoms with Crippen LogP contribution in [0.5, 0.6) is 0 Å². The van der Waals surface area contributed by atoms with Crippen molar-refractivity contribution < 1.29 is 4.39 Å². The molecule has 1 atom stereocenters. The number of nitriles is 1. The van der Waals surface area contributed by atoms with E-state index in [0.717, 1.165) is 15.6 Å². The maximum Gasteiger partial charge on any atom is 0.140 e. The predicted molar refractivity (Wildman–Crippen MR) is 77.3 cm³/mol. The Kier molecular flexibility index (Phi) is 4.18. The molecule has 2 aromatic carbocycles. The molecule has 2 nitrogen and oxygen atoms in total. The summed E-state index contributed by atoms with van der Waals surface area (Å²) in [7, 11) is 0. The molecule has 0 amide bonds. The molecule has 1 unspecified atom stereocenters. The molecular formula is C15H12BrFN2. The molecule has 0 bridgehead atoms. The fourth-order valence-electron chi connectivity index (χ4n) is 1.86. The second-order valence-corrected chi connectivity index (χ2v) is 5.19. The van der Waals surface area contributed by atoms with Crippen LogP contribution < -0.4 is 5.32 Å². The molecule has 0 fully saturated rings. The van der Waals surface area contributed by atoms with Crippen molar-refractivity contribution in [1.29, 1.82) is 5.26 Å². The largest absolute Gasteiger partial charge is 0.366 e. The second kappa shape index (κ2) is 5.85. The third kappa shape index (κ3) is 3.55. The van der Waals surface area contributed by atoms with Crippen LogP contribution in [0.25, 0.3) is 0 Å². The molecule has 19 heavy (non-hydrogen) atoms. The predicted octanol–water partition coefficient (Wildman–Crippen LogP) is 4.57. The number of rotatable bonds is 3. The Hall–Kier alpha value is -1.86. The van der Waals surface area contributed by atoms with E-state index in [9.17, 15) is 9.65 Å². The molecule has 2 aromatic rings. The zero-order chi connectivity index (χ0) is 13.8. The van der Waals surface area contributed by atoms with E-state index < -0.39 is 6.04 Å². The van der Waals surface area contributed by atoms with Crippen molar-refractivity contribution in [3.63, 3.8) is 0 Å². The van der Waals surface area contributed by atoms with E-state index in [1.807, 2.05) is 37.3 Å². The highest BCUT2D eigenvalue weighted by atomic mass is 79.9. The van der Waals surface area contributed by atoms with Gasteiger partial charge < -0.3 is 5.32 Å². The summed E-state index contributed by atoms with van der Waals surface area (Å²) >= 11 is 3.37. The number of nitrogens with one attached hydrogen (secondary N) is 1. The summed E-state index contributed by atoms with van der Waals surface area (Å²) in [5.74, 6) is -0.312. The number of hydrogen-bond donors (Lipinski definition) is 1. The van der Waals surface area contributed by atoms with E-state index >= 15 is 0 Å². The van der Waals surface area contributed by atoms with Crippen LogP contribution in [0.4, 0.5) is 10.1 Å². The lowest BCUT2D eigenvalue weighted by molar-refractivity contribution is 0.627. The number of benzene rings is 2. The van der Waals surface area contributed by atoms with Gasteiger partial charge in [-0.05, 0) is 48.4 Å². The van der Waals surface area contributed by atoms with Gasteiger partial charge in [0.2, 0.25) is 0 Å². The van der Waals surface area contributed by atoms with Crippen LogP contribution in [0.3, 0.4) is 0 Å². The van der Waals surface area contributed by atoms with Crippen LogP contribution in [0.2, 0.25) is 0 Å². The van der Waals surface area contributed by atoms with Crippen molar-refractivity contribution in [1.82, 2.24) is 0 Å². The third-order valence-electron chi connectivity index (χ3n) is 2.66. The molecular weight excluding hydrogens is 307 g/mol. The van der Waals surface area contributed by atoms with E-state index in [4.69, 9.17) is 0 Å². The highest BCUT2D eigenvalue weighted by Crippen LogP contribution is 2.23. The van der Waals surface area contributed by atoms with Gasteiger partial charge in [0.05, 0.1) is 6.07 Å². The lowest BCUT2D eigenvalue weighted by Crippen LogP contribution is -2.08. The van der Waals surface area contributed by atoms with E-state index in [-0.39, 0.29) is 5.82 Å². The minimum Gasteiger partial charge on any atom is -0.366 e. The summed E-state index contributed by atoms with van der Waals surface area (Å²) in [5.41, 5.74) is 2.25. The summed E-state index contributed by atoms with van der Waals surface area (Å²) < 4.78 is 14.2. The van der Waals surface area contributed by atoms with Crippen molar-refractivity contribution in [2.75, 3.05) is 5.32 Å². The third-order valence-corrected chi connectivity index (χ3v) is 3.16. The normalized spacial score (nSPS) is 11.7. The summed E-state index contributed by atoms with van der Waals surface area (Å²) in [6.07, 6.45) is 0. The molecule has 0 saturated heterocycles. The van der Waals surface area contributed by atoms with Gasteiger partial charge in [-0.1, -0.05) is 28.1 Å². The van der Waals surface area contributed by atoms with Gasteiger partial charge in [0.1, 0.15) is 11.9 Å². The summed E-state index contributed by atoms with van der Waals surface area (Å²) in [4.78, 5) is 0. The lowest BCUT2D eigenvalue weighted by Gasteiger charge is -2.14. The molecule has 0 radical (unpaired) electrons. The van der Waals surface area contributed by atoms with Crippen LogP contribution in [-0.2, 0) is 0 Å². The molecule has 0 aliphatic rings. The molecule has 96 valence electrons. The number of halogens is 2. The summed E-state index contributed by atoms with van der Waals surface area (Å²) in [6.45, 7) is 1.81. The number of hydrogen-bond acceptors (Lipinski definition) is 2. The topological polar surface area (TPSA) is 35.8 Å². The fourth-order valence-corrected chi connectivity index (χ4v) is 2.28. The minimum absolute atomic E-state index is 0.312. The average molecular weight is 319 g/mol. The molecule has 0 spiro atoms. The average Bonchev–Trinajstić information content (AvgIpc) is 2.34. The van der Waals surface area contributed by atoms with Gasteiger partial charge in [0, 0.05) is 10.2 Å². The van der Waals surface area contributed by atoms with Crippen LogP contribution in [-0.4, -0.2) is 0 Å². The lowest BCUT2D eigenvalue weighted by atomic mass is 10.1. The van der Waals surface area contributed by atoms with Gasteiger partial charge in [0.15, 0.2) is 0 Å². The minimum atomic E-state index is -0.515. The van der Waals surface area contributed by atoms with Crippen molar-refractivity contribution in [2.45, 2.75) is 13.0 Å². The van der Waals surface area contributed by atoms with Crippen LogP contribution in [0, 0.1) is 24.1 Å². The number of aryl methyl sites for hydroxylation is 1. The monoisotopic (exact) mass is 318 g/mol. The molecule has 2 rings (SSSR count). The Balaban J connectivity index is 2.27. The van der Waals surface area contributed by atoms with Crippen LogP contribution in [0.15, 0.2) is 46.9 Å². The Morgan fingerprint density at radius 2 is 2.05 bits per heavy atom. The first kappa shape index (κ1) is 13.6. The van der Waals surface area contributed by atoms with Crippen molar-refractivity contribution in [2.24, 2.45) is 0 Å². The Morgan fingerprint density at radius 1 is 1.26 bits per heavy atom. The first-order valence-electron chi connectivity index (χ1n) is 5.77. The van der Waals surface area contributed by atoms with Crippen molar-refractivity contribution in [3.8, 4) is 6.07 Å². The first-order valence-corrected chi connectivity index (χ1v) is 6.56. The van der Waals surface area contributed by atoms with Gasteiger partial charge in [-0.2, -0.15) is 5.26 Å². The molecule has 0 heterocycles. The summed E-state index contributed by atoms with van der Waals surface area (Å²) in [5, 5.41) is 12.3. The quantitative estimate of drug-likeness (QED) is 0.899. The highest BCUT2D eigenvalue weighted by Gasteiger charge is 2.11. The van der Waals surface area contributed by atoms with Gasteiger partial charge in [-0.3, -0.25) is 0 Å². The SMILES string of the molecule is Cc1cc(F)cc(NC(C#N)c2cccc(Br)c2)c1. The van der Waals surface area contributed by atoms with E-state index in [1.165, 1.54) is 12.1 Å². The summed E-state index contributed by atoms with van der Waals surface area (Å²) in [6, 6.07) is 13.8. The first-order chi connectivity index (χ1) is 9.08. The molecule has 0 aromatic heterocycles. The Labute approximate surface area is 120 Å². The van der Waals surface area contributed by atoms with Gasteiger partial charge in [-0.25, -0.2) is 4.39 Å². The Morgan fingerprint density at radius 3 is 2.68 bits per heavy atom. The standard InChI is InChI=1S/C15H12BrFN2/c1-10-5-13(17)8-14(6-10)19-15(9-18)11-3-2-4-12(16)7-11/h2-8,15,19H,1H3. The van der Waals surface area contributed by atoms with Gasteiger partial charge >= 0.3 is 0 Å². The fraction of sp³-hybridized carbons (Fsp3) is 0.133. The van der Waals surface area contributed by atoms with Crippen molar-refractivity contribution in [3.05, 3.63) is 63.9 Å². The van der Waals surface area contributed by atoms with Crippen molar-refractivity contribution >= 4 is 21.6 Å². The second-order valence-electron chi connectivity index (χ2n) is 4.28. The number of nitrogens with zero attached hydrogens (tertiary/aromatic N) is 1. The van der Waals surface area contributed by atoms with Crippen LogP contribution >= 0.6 is 15.9 Å². The Bertz CT molecular complexity index is 614. The molecule has 0 saturated carbocycles. The number of anilines is 1. The smallest absolute Gasteiger partial charge is 0.140 e. The molecule has 0 aliphatic carbocycles. The van der Waals surface area contributed by atoms with E-state index in [0.29, 0.717) is 5.69 Å². The molecule has 1 N–H and O–H groups in total. The maximum absolute atomic E-state index is 13.3.